The lowest BCUT2D eigenvalue weighted by Crippen LogP contribution is -2.54. The molecule has 2 aliphatic heterocycles. The average molecular weight is 565 g/mol. The fourth-order valence-corrected chi connectivity index (χ4v) is 4.68. The number of nitrogens with zero attached hydrogens (tertiary/aromatic N) is 3. The average Bonchev–Trinajstić information content (AvgIpc) is 2.97. The highest BCUT2D eigenvalue weighted by Crippen LogP contribution is 2.22. The second kappa shape index (κ2) is 14.7. The first kappa shape index (κ1) is 30.9. The van der Waals surface area contributed by atoms with Crippen molar-refractivity contribution in [1.29, 1.82) is 0 Å². The second-order valence-corrected chi connectivity index (χ2v) is 9.59. The van der Waals surface area contributed by atoms with Gasteiger partial charge in [0.1, 0.15) is 12.3 Å². The molecule has 4 rings (SSSR count). The molecular formula is C28H35F3N4O5. The van der Waals surface area contributed by atoms with Crippen LogP contribution >= 0.6 is 0 Å². The quantitative estimate of drug-likeness (QED) is 0.533. The normalized spacial score (nSPS) is 16.4. The van der Waals surface area contributed by atoms with Gasteiger partial charge in [-0.15, -0.1) is 0 Å². The maximum absolute atomic E-state index is 13.6. The minimum Gasteiger partial charge on any atom is -0.497 e. The molecule has 2 heterocycles. The van der Waals surface area contributed by atoms with Crippen molar-refractivity contribution in [3.05, 3.63) is 65.7 Å². The first-order valence-electron chi connectivity index (χ1n) is 13.1. The van der Waals surface area contributed by atoms with Gasteiger partial charge in [-0.05, 0) is 36.6 Å². The highest BCUT2D eigenvalue weighted by atomic mass is 19.4. The van der Waals surface area contributed by atoms with Crippen molar-refractivity contribution in [2.45, 2.75) is 31.6 Å². The van der Waals surface area contributed by atoms with Gasteiger partial charge in [0.25, 0.3) is 5.91 Å². The molecule has 2 saturated heterocycles. The molecule has 2 aromatic carbocycles. The molecule has 218 valence electrons. The van der Waals surface area contributed by atoms with E-state index >= 15 is 0 Å². The molecule has 0 aromatic heterocycles. The predicted molar refractivity (Wildman–Crippen MR) is 142 cm³/mol. The molecule has 0 spiro atoms. The van der Waals surface area contributed by atoms with Gasteiger partial charge < -0.3 is 25.0 Å². The van der Waals surface area contributed by atoms with Crippen molar-refractivity contribution < 1.29 is 37.4 Å². The SMILES string of the molecule is COc1cccc(C(=O)N(CC(=O)N2CCNCC2)C2CCN(Cc3ccccc3)CC2)c1.O=C(O)C(F)(F)F. The number of piperidine rings is 1. The van der Waals surface area contributed by atoms with E-state index in [4.69, 9.17) is 14.6 Å². The number of amides is 2. The largest absolute Gasteiger partial charge is 0.497 e. The number of hydrogen-bond acceptors (Lipinski definition) is 6. The molecule has 2 aliphatic rings. The molecule has 0 bridgehead atoms. The number of methoxy groups -OCH3 is 1. The lowest BCUT2D eigenvalue weighted by atomic mass is 10.0. The Balaban J connectivity index is 0.000000559. The fraction of sp³-hybridized carbons (Fsp3) is 0.464. The number of carboxylic acids is 1. The zero-order valence-corrected chi connectivity index (χ0v) is 22.4. The van der Waals surface area contributed by atoms with E-state index in [1.807, 2.05) is 23.1 Å². The number of rotatable bonds is 7. The molecule has 2 amide bonds. The lowest BCUT2D eigenvalue weighted by molar-refractivity contribution is -0.192. The number of benzene rings is 2. The Bertz CT molecular complexity index is 1120. The van der Waals surface area contributed by atoms with Crippen LogP contribution in [-0.2, 0) is 16.1 Å². The Labute approximate surface area is 231 Å². The van der Waals surface area contributed by atoms with E-state index in [1.165, 1.54) is 5.56 Å². The molecule has 2 N–H and O–H groups in total. The zero-order chi connectivity index (χ0) is 29.1. The van der Waals surface area contributed by atoms with Gasteiger partial charge >= 0.3 is 12.1 Å². The van der Waals surface area contributed by atoms with Crippen molar-refractivity contribution in [2.75, 3.05) is 52.9 Å². The zero-order valence-electron chi connectivity index (χ0n) is 22.4. The molecule has 0 saturated carbocycles. The lowest BCUT2D eigenvalue weighted by Gasteiger charge is -2.39. The van der Waals surface area contributed by atoms with Crippen LogP contribution < -0.4 is 10.1 Å². The summed E-state index contributed by atoms with van der Waals surface area (Å²) in [5, 5.41) is 10.4. The van der Waals surface area contributed by atoms with E-state index in [1.54, 1.807) is 24.1 Å². The Morgan fingerprint density at radius 3 is 2.20 bits per heavy atom. The summed E-state index contributed by atoms with van der Waals surface area (Å²) in [5.41, 5.74) is 1.86. The van der Waals surface area contributed by atoms with Crippen molar-refractivity contribution in [1.82, 2.24) is 20.0 Å². The van der Waals surface area contributed by atoms with Gasteiger partial charge in [-0.3, -0.25) is 14.5 Å². The Kier molecular flexibility index (Phi) is 11.3. The summed E-state index contributed by atoms with van der Waals surface area (Å²) in [6.45, 7) is 5.83. The van der Waals surface area contributed by atoms with Crippen LogP contribution in [0.4, 0.5) is 13.2 Å². The van der Waals surface area contributed by atoms with Gasteiger partial charge in [0.05, 0.1) is 7.11 Å². The topological polar surface area (TPSA) is 102 Å². The van der Waals surface area contributed by atoms with Crippen LogP contribution in [0, 0.1) is 0 Å². The third kappa shape index (κ3) is 9.23. The van der Waals surface area contributed by atoms with Gasteiger partial charge in [-0.2, -0.15) is 13.2 Å². The molecule has 0 atom stereocenters. The number of nitrogens with one attached hydrogen (secondary N) is 1. The van der Waals surface area contributed by atoms with E-state index < -0.39 is 12.1 Å². The molecule has 9 nitrogen and oxygen atoms in total. The Hall–Kier alpha value is -3.64. The van der Waals surface area contributed by atoms with Crippen LogP contribution in [0.25, 0.3) is 0 Å². The Morgan fingerprint density at radius 1 is 1.00 bits per heavy atom. The highest BCUT2D eigenvalue weighted by molar-refractivity contribution is 5.97. The van der Waals surface area contributed by atoms with Crippen molar-refractivity contribution in [3.8, 4) is 5.75 Å². The highest BCUT2D eigenvalue weighted by Gasteiger charge is 2.38. The molecule has 2 aromatic rings. The van der Waals surface area contributed by atoms with Crippen LogP contribution in [0.1, 0.15) is 28.8 Å². The monoisotopic (exact) mass is 564 g/mol. The number of piperazine rings is 1. The number of carboxylic acid groups (broad SMARTS) is 1. The molecule has 40 heavy (non-hydrogen) atoms. The third-order valence-corrected chi connectivity index (χ3v) is 6.84. The van der Waals surface area contributed by atoms with Crippen LogP contribution in [0.2, 0.25) is 0 Å². The third-order valence-electron chi connectivity index (χ3n) is 6.84. The Morgan fingerprint density at radius 2 is 1.62 bits per heavy atom. The van der Waals surface area contributed by atoms with Crippen molar-refractivity contribution in [2.24, 2.45) is 0 Å². The van der Waals surface area contributed by atoms with Crippen molar-refractivity contribution >= 4 is 17.8 Å². The summed E-state index contributed by atoms with van der Waals surface area (Å²) >= 11 is 0. The van der Waals surface area contributed by atoms with Gasteiger partial charge in [-0.25, -0.2) is 4.79 Å². The first-order chi connectivity index (χ1) is 19.1. The van der Waals surface area contributed by atoms with E-state index in [9.17, 15) is 22.8 Å². The fourth-order valence-electron chi connectivity index (χ4n) is 4.68. The number of halogens is 3. The standard InChI is InChI=1S/C26H34N4O3.C2HF3O2/c1-33-24-9-5-8-22(18-24)26(32)30(20-25(31)29-16-12-27-13-17-29)23-10-14-28(15-11-23)19-21-6-3-2-4-7-21;3-2(4,5)1(6)7/h2-9,18,23,27H,10-17,19-20H2,1H3;(H,6,7). The molecule has 0 radical (unpaired) electrons. The van der Waals surface area contributed by atoms with Crippen LogP contribution in [0.3, 0.4) is 0 Å². The number of likely N-dealkylation sites (tertiary alicyclic amines) is 1. The van der Waals surface area contributed by atoms with Crippen LogP contribution in [0.15, 0.2) is 54.6 Å². The molecule has 0 unspecified atom stereocenters. The summed E-state index contributed by atoms with van der Waals surface area (Å²) in [6, 6.07) is 17.7. The number of carbonyl (C=O) groups is 3. The maximum atomic E-state index is 13.6. The number of alkyl halides is 3. The van der Waals surface area contributed by atoms with Gasteiger partial charge in [-0.1, -0.05) is 36.4 Å². The minimum atomic E-state index is -5.08. The minimum absolute atomic E-state index is 0.0273. The summed E-state index contributed by atoms with van der Waals surface area (Å²) < 4.78 is 37.1. The number of aliphatic carboxylic acids is 1. The van der Waals surface area contributed by atoms with E-state index in [2.05, 4.69) is 34.5 Å². The summed E-state index contributed by atoms with van der Waals surface area (Å²) in [6.07, 6.45) is -3.37. The molecule has 0 aliphatic carbocycles. The number of ether oxygens (including phenoxy) is 1. The van der Waals surface area contributed by atoms with Gasteiger partial charge in [0, 0.05) is 57.4 Å². The smallest absolute Gasteiger partial charge is 0.490 e. The van der Waals surface area contributed by atoms with E-state index in [0.29, 0.717) is 24.4 Å². The van der Waals surface area contributed by atoms with E-state index in [-0.39, 0.29) is 24.4 Å². The molecular weight excluding hydrogens is 529 g/mol. The summed E-state index contributed by atoms with van der Waals surface area (Å²) in [4.78, 5) is 41.7. The van der Waals surface area contributed by atoms with Gasteiger partial charge in [0.15, 0.2) is 0 Å². The van der Waals surface area contributed by atoms with Crippen molar-refractivity contribution in [3.63, 3.8) is 0 Å². The van der Waals surface area contributed by atoms with Crippen LogP contribution in [-0.4, -0.2) is 103 Å². The number of carbonyl (C=O) groups excluding carboxylic acids is 2. The number of hydrogen-bond donors (Lipinski definition) is 2. The second-order valence-electron chi connectivity index (χ2n) is 9.59. The maximum Gasteiger partial charge on any atom is 0.490 e. The molecule has 2 fully saturated rings. The van der Waals surface area contributed by atoms with E-state index in [0.717, 1.165) is 45.6 Å². The summed E-state index contributed by atoms with van der Waals surface area (Å²) in [5.74, 6) is -2.18. The predicted octanol–water partition coefficient (Wildman–Crippen LogP) is 2.87. The first-order valence-corrected chi connectivity index (χ1v) is 13.1. The van der Waals surface area contributed by atoms with Crippen LogP contribution in [0.5, 0.6) is 5.75 Å². The summed E-state index contributed by atoms with van der Waals surface area (Å²) in [7, 11) is 1.59. The molecule has 12 heteroatoms. The van der Waals surface area contributed by atoms with Gasteiger partial charge in [0.2, 0.25) is 5.91 Å².